The van der Waals surface area contributed by atoms with Crippen molar-refractivity contribution in [2.24, 2.45) is 0 Å². The van der Waals surface area contributed by atoms with Crippen molar-refractivity contribution in [1.82, 2.24) is 4.90 Å². The second-order valence-electron chi connectivity index (χ2n) is 5.90. The second kappa shape index (κ2) is 8.95. The molecule has 1 saturated heterocycles. The fourth-order valence-corrected chi connectivity index (χ4v) is 2.87. The van der Waals surface area contributed by atoms with Crippen LogP contribution in [0.1, 0.15) is 21.5 Å². The van der Waals surface area contributed by atoms with Crippen molar-refractivity contribution in [2.75, 3.05) is 31.6 Å². The van der Waals surface area contributed by atoms with Crippen LogP contribution in [0.4, 0.5) is 5.69 Å². The van der Waals surface area contributed by atoms with Gasteiger partial charge in [-0.25, -0.2) is 0 Å². The first kappa shape index (κ1) is 18.6. The first-order valence-corrected chi connectivity index (χ1v) is 8.53. The highest BCUT2D eigenvalue weighted by atomic mass is 16.5. The number of hydrogen-bond acceptors (Lipinski definition) is 5. The molecule has 0 aliphatic carbocycles. The molecule has 2 aromatic carbocycles. The van der Waals surface area contributed by atoms with Crippen LogP contribution in [-0.2, 0) is 20.9 Å². The van der Waals surface area contributed by atoms with E-state index < -0.39 is 0 Å². The van der Waals surface area contributed by atoms with Gasteiger partial charge in [-0.3, -0.25) is 14.4 Å². The molecular weight excluding hydrogens is 348 g/mol. The maximum atomic E-state index is 13.0. The van der Waals surface area contributed by atoms with Crippen molar-refractivity contribution in [3.8, 4) is 5.75 Å². The number of benzene rings is 2. The summed E-state index contributed by atoms with van der Waals surface area (Å²) in [5.74, 6) is -0.0623. The first-order valence-electron chi connectivity index (χ1n) is 8.53. The molecule has 1 N–H and O–H groups in total. The number of rotatable bonds is 7. The Labute approximate surface area is 156 Å². The zero-order valence-electron chi connectivity index (χ0n) is 14.6. The number of hydrogen-bond donors (Lipinski definition) is 1. The number of carbonyl (C=O) groups excluding carboxylic acids is 3. The van der Waals surface area contributed by atoms with Crippen molar-refractivity contribution < 1.29 is 23.9 Å². The average Bonchev–Trinajstić information content (AvgIpc) is 2.73. The summed E-state index contributed by atoms with van der Waals surface area (Å²) in [6, 6.07) is 12.5. The number of nitrogens with zero attached hydrogens (tertiary/aromatic N) is 1. The minimum atomic E-state index is -0.369. The number of amides is 2. The number of carbonyl (C=O) groups is 2. The standard InChI is InChI=1S/C20H19N2O5/c23-12-16-6-7-17(27-13-15-4-2-1-3-5-15)19(21-14-24)18(16)20(25)22-8-10-26-11-9-22/h1-7,14H,8-11,13H2,(H,21,24). The molecule has 0 spiro atoms. The van der Waals surface area contributed by atoms with E-state index in [0.29, 0.717) is 38.5 Å². The molecule has 2 aromatic rings. The Hall–Kier alpha value is -3.19. The Morgan fingerprint density at radius 1 is 1.19 bits per heavy atom. The van der Waals surface area contributed by atoms with Crippen LogP contribution < -0.4 is 10.1 Å². The fourth-order valence-electron chi connectivity index (χ4n) is 2.87. The molecule has 1 radical (unpaired) electrons. The zero-order valence-corrected chi connectivity index (χ0v) is 14.6. The molecule has 1 aliphatic rings. The molecule has 0 aromatic heterocycles. The predicted molar refractivity (Wildman–Crippen MR) is 98.4 cm³/mol. The molecule has 0 atom stereocenters. The lowest BCUT2D eigenvalue weighted by molar-refractivity contribution is -0.105. The van der Waals surface area contributed by atoms with Crippen LogP contribution in [0.25, 0.3) is 0 Å². The van der Waals surface area contributed by atoms with Crippen LogP contribution in [-0.4, -0.2) is 49.8 Å². The van der Waals surface area contributed by atoms with E-state index >= 15 is 0 Å². The zero-order chi connectivity index (χ0) is 19.1. The molecule has 0 unspecified atom stereocenters. The average molecular weight is 367 g/mol. The molecule has 0 saturated carbocycles. The predicted octanol–water partition coefficient (Wildman–Crippen LogP) is 1.76. The first-order chi connectivity index (χ1) is 13.2. The third kappa shape index (κ3) is 4.32. The molecule has 1 fully saturated rings. The van der Waals surface area contributed by atoms with Gasteiger partial charge in [-0.05, 0) is 17.7 Å². The number of nitrogens with one attached hydrogen (secondary N) is 1. The minimum absolute atomic E-state index is 0.0721. The Bertz CT molecular complexity index is 817. The molecule has 7 heteroatoms. The summed E-state index contributed by atoms with van der Waals surface area (Å²) in [5.41, 5.74) is 1.24. The van der Waals surface area contributed by atoms with Gasteiger partial charge in [0, 0.05) is 18.7 Å². The molecular formula is C20H19N2O5. The number of morpholine rings is 1. The Balaban J connectivity index is 1.95. The molecule has 27 heavy (non-hydrogen) atoms. The minimum Gasteiger partial charge on any atom is -0.487 e. The second-order valence-corrected chi connectivity index (χ2v) is 5.90. The highest BCUT2D eigenvalue weighted by Crippen LogP contribution is 2.32. The largest absolute Gasteiger partial charge is 0.487 e. The van der Waals surface area contributed by atoms with E-state index in [0.717, 1.165) is 5.56 Å². The fraction of sp³-hybridized carbons (Fsp3) is 0.250. The Morgan fingerprint density at radius 2 is 1.93 bits per heavy atom. The quantitative estimate of drug-likeness (QED) is 0.754. The van der Waals surface area contributed by atoms with E-state index in [1.807, 2.05) is 30.3 Å². The Morgan fingerprint density at radius 3 is 2.59 bits per heavy atom. The molecule has 139 valence electrons. The smallest absolute Gasteiger partial charge is 0.257 e. The van der Waals surface area contributed by atoms with Gasteiger partial charge in [0.25, 0.3) is 5.91 Å². The van der Waals surface area contributed by atoms with Gasteiger partial charge < -0.3 is 19.7 Å². The van der Waals surface area contributed by atoms with Gasteiger partial charge in [0.2, 0.25) is 12.7 Å². The van der Waals surface area contributed by atoms with Crippen molar-refractivity contribution >= 4 is 24.3 Å². The highest BCUT2D eigenvalue weighted by Gasteiger charge is 2.26. The molecule has 1 aliphatic heterocycles. The van der Waals surface area contributed by atoms with Crippen LogP contribution in [0, 0.1) is 0 Å². The molecule has 2 amide bonds. The van der Waals surface area contributed by atoms with Crippen LogP contribution >= 0.6 is 0 Å². The lowest BCUT2D eigenvalue weighted by Gasteiger charge is -2.28. The molecule has 0 bridgehead atoms. The summed E-state index contributed by atoms with van der Waals surface area (Å²) in [6.07, 6.45) is 2.23. The lowest BCUT2D eigenvalue weighted by Crippen LogP contribution is -2.41. The number of anilines is 1. The van der Waals surface area contributed by atoms with E-state index in [9.17, 15) is 14.4 Å². The van der Waals surface area contributed by atoms with Crippen LogP contribution in [0.5, 0.6) is 5.75 Å². The van der Waals surface area contributed by atoms with Gasteiger partial charge in [0.15, 0.2) is 0 Å². The van der Waals surface area contributed by atoms with Crippen molar-refractivity contribution in [1.29, 1.82) is 0 Å². The van der Waals surface area contributed by atoms with E-state index in [1.54, 1.807) is 17.3 Å². The third-order valence-corrected chi connectivity index (χ3v) is 4.23. The van der Waals surface area contributed by atoms with Crippen molar-refractivity contribution in [3.63, 3.8) is 0 Å². The van der Waals surface area contributed by atoms with E-state index in [4.69, 9.17) is 9.47 Å². The molecule has 3 rings (SSSR count). The monoisotopic (exact) mass is 367 g/mol. The summed E-state index contributed by atoms with van der Waals surface area (Å²) in [7, 11) is 0. The summed E-state index contributed by atoms with van der Waals surface area (Å²) >= 11 is 0. The van der Waals surface area contributed by atoms with Gasteiger partial charge in [-0.1, -0.05) is 30.3 Å². The normalized spacial score (nSPS) is 13.7. The van der Waals surface area contributed by atoms with E-state index in [1.165, 1.54) is 6.07 Å². The van der Waals surface area contributed by atoms with Crippen molar-refractivity contribution in [2.45, 2.75) is 6.61 Å². The summed E-state index contributed by atoms with van der Waals surface area (Å²) in [6.45, 7) is 1.92. The van der Waals surface area contributed by atoms with Gasteiger partial charge >= 0.3 is 0 Å². The van der Waals surface area contributed by atoms with Gasteiger partial charge in [0.1, 0.15) is 12.4 Å². The van der Waals surface area contributed by atoms with Crippen LogP contribution in [0.15, 0.2) is 42.5 Å². The SMILES string of the molecule is O=[C]c1ccc(OCc2ccccc2)c(NC=O)c1C(=O)N1CCOCC1. The third-order valence-electron chi connectivity index (χ3n) is 4.23. The summed E-state index contributed by atoms with van der Waals surface area (Å²) in [5, 5.41) is 2.51. The van der Waals surface area contributed by atoms with Gasteiger partial charge in [0.05, 0.1) is 24.5 Å². The Kier molecular flexibility index (Phi) is 6.17. The molecule has 7 nitrogen and oxygen atoms in total. The van der Waals surface area contributed by atoms with Crippen LogP contribution in [0.3, 0.4) is 0 Å². The van der Waals surface area contributed by atoms with E-state index in [2.05, 4.69) is 5.32 Å². The van der Waals surface area contributed by atoms with Gasteiger partial charge in [-0.2, -0.15) is 0 Å². The number of ether oxygens (including phenoxy) is 2. The molecule has 1 heterocycles. The summed E-state index contributed by atoms with van der Waals surface area (Å²) < 4.78 is 11.1. The maximum Gasteiger partial charge on any atom is 0.257 e. The van der Waals surface area contributed by atoms with Crippen molar-refractivity contribution in [3.05, 3.63) is 59.2 Å². The summed E-state index contributed by atoms with van der Waals surface area (Å²) in [4.78, 5) is 37.1. The van der Waals surface area contributed by atoms with Gasteiger partial charge in [-0.15, -0.1) is 0 Å². The maximum absolute atomic E-state index is 13.0. The van der Waals surface area contributed by atoms with Crippen LogP contribution in [0.2, 0.25) is 0 Å². The highest BCUT2D eigenvalue weighted by molar-refractivity contribution is 6.08. The van der Waals surface area contributed by atoms with E-state index in [-0.39, 0.29) is 29.3 Å². The lowest BCUT2D eigenvalue weighted by atomic mass is 10.0. The topological polar surface area (TPSA) is 84.9 Å².